The van der Waals surface area contributed by atoms with E-state index in [-0.39, 0.29) is 13.2 Å². The molecular weight excluding hydrogens is 270 g/mol. The lowest BCUT2D eigenvalue weighted by Crippen LogP contribution is -2.38. The molecule has 0 atom stereocenters. The van der Waals surface area contributed by atoms with E-state index in [4.69, 9.17) is 21.4 Å². The molecule has 0 fully saturated rings. The Balaban J connectivity index is 2.59. The van der Waals surface area contributed by atoms with Crippen LogP contribution in [0.2, 0.25) is 5.02 Å². The highest BCUT2D eigenvalue weighted by Gasteiger charge is 2.16. The second-order valence-electron chi connectivity index (χ2n) is 3.68. The Labute approximate surface area is 116 Å². The highest BCUT2D eigenvalue weighted by atomic mass is 35.5. The van der Waals surface area contributed by atoms with Gasteiger partial charge in [0.1, 0.15) is 12.3 Å². The highest BCUT2D eigenvalue weighted by Crippen LogP contribution is 2.22. The lowest BCUT2D eigenvalue weighted by molar-refractivity contribution is -0.144. The molecule has 1 rings (SSSR count). The maximum Gasteiger partial charge on any atom is 0.323 e. The van der Waals surface area contributed by atoms with Crippen molar-refractivity contribution in [1.29, 1.82) is 0 Å². The molecule has 0 aliphatic rings. The number of hydrogen-bond acceptors (Lipinski definition) is 3. The maximum absolute atomic E-state index is 11.8. The second kappa shape index (κ2) is 7.43. The van der Waals surface area contributed by atoms with Crippen LogP contribution in [0, 0.1) is 0 Å². The quantitative estimate of drug-likeness (QED) is 0.775. The minimum absolute atomic E-state index is 0.150. The zero-order chi connectivity index (χ0) is 14.3. The van der Waals surface area contributed by atoms with Crippen LogP contribution in [0.3, 0.4) is 0 Å². The van der Waals surface area contributed by atoms with Crippen molar-refractivity contribution in [3.05, 3.63) is 41.9 Å². The van der Waals surface area contributed by atoms with E-state index in [1.807, 2.05) is 0 Å². The van der Waals surface area contributed by atoms with Gasteiger partial charge in [0, 0.05) is 6.54 Å². The number of carboxylic acid groups (broad SMARTS) is 1. The van der Waals surface area contributed by atoms with E-state index >= 15 is 0 Å². The van der Waals surface area contributed by atoms with Gasteiger partial charge in [0.2, 0.25) is 0 Å². The average molecular weight is 284 g/mol. The predicted octanol–water partition coefficient (Wildman–Crippen LogP) is 1.82. The Bertz CT molecular complexity index is 475. The predicted molar refractivity (Wildman–Crippen MR) is 71.4 cm³/mol. The number of halogens is 1. The van der Waals surface area contributed by atoms with Crippen LogP contribution in [-0.4, -0.2) is 41.6 Å². The largest absolute Gasteiger partial charge is 0.482 e. The van der Waals surface area contributed by atoms with Crippen molar-refractivity contribution in [1.82, 2.24) is 4.90 Å². The zero-order valence-electron chi connectivity index (χ0n) is 10.2. The number of benzene rings is 1. The van der Waals surface area contributed by atoms with Crippen molar-refractivity contribution < 1.29 is 19.4 Å². The van der Waals surface area contributed by atoms with Gasteiger partial charge in [-0.3, -0.25) is 9.59 Å². The number of nitrogens with zero attached hydrogens (tertiary/aromatic N) is 1. The van der Waals surface area contributed by atoms with Crippen molar-refractivity contribution in [3.8, 4) is 5.75 Å². The van der Waals surface area contributed by atoms with Gasteiger partial charge < -0.3 is 14.7 Å². The lowest BCUT2D eigenvalue weighted by Gasteiger charge is -2.19. The Morgan fingerprint density at radius 3 is 2.68 bits per heavy atom. The number of hydrogen-bond donors (Lipinski definition) is 1. The number of ether oxygens (including phenoxy) is 1. The van der Waals surface area contributed by atoms with Crippen LogP contribution in [0.1, 0.15) is 0 Å². The van der Waals surface area contributed by atoms with Crippen molar-refractivity contribution in [2.24, 2.45) is 0 Å². The number of aliphatic carboxylic acids is 1. The molecule has 102 valence electrons. The Morgan fingerprint density at radius 2 is 2.11 bits per heavy atom. The molecule has 19 heavy (non-hydrogen) atoms. The Morgan fingerprint density at radius 1 is 1.42 bits per heavy atom. The van der Waals surface area contributed by atoms with E-state index < -0.39 is 18.4 Å². The van der Waals surface area contributed by atoms with E-state index in [1.54, 1.807) is 24.3 Å². The van der Waals surface area contributed by atoms with Gasteiger partial charge in [0.15, 0.2) is 6.61 Å². The fourth-order valence-corrected chi connectivity index (χ4v) is 1.56. The molecule has 0 saturated heterocycles. The zero-order valence-corrected chi connectivity index (χ0v) is 11.0. The van der Waals surface area contributed by atoms with E-state index in [1.165, 1.54) is 6.08 Å². The summed E-state index contributed by atoms with van der Waals surface area (Å²) in [4.78, 5) is 23.6. The van der Waals surface area contributed by atoms with Crippen LogP contribution >= 0.6 is 11.6 Å². The van der Waals surface area contributed by atoms with Crippen LogP contribution < -0.4 is 4.74 Å². The van der Waals surface area contributed by atoms with Gasteiger partial charge in [-0.25, -0.2) is 0 Å². The molecule has 0 bridgehead atoms. The first kappa shape index (κ1) is 15.0. The molecule has 5 nitrogen and oxygen atoms in total. The molecule has 1 aromatic carbocycles. The average Bonchev–Trinajstić information content (AvgIpc) is 2.36. The number of carbonyl (C=O) groups excluding carboxylic acids is 1. The van der Waals surface area contributed by atoms with Gasteiger partial charge in [-0.15, -0.1) is 6.58 Å². The van der Waals surface area contributed by atoms with E-state index in [0.717, 1.165) is 4.90 Å². The fraction of sp³-hybridized carbons (Fsp3) is 0.231. The van der Waals surface area contributed by atoms with E-state index in [9.17, 15) is 9.59 Å². The van der Waals surface area contributed by atoms with Gasteiger partial charge >= 0.3 is 5.97 Å². The van der Waals surface area contributed by atoms with Crippen LogP contribution in [0.5, 0.6) is 5.75 Å². The summed E-state index contributed by atoms with van der Waals surface area (Å²) >= 11 is 5.87. The van der Waals surface area contributed by atoms with Gasteiger partial charge in [-0.05, 0) is 12.1 Å². The van der Waals surface area contributed by atoms with Crippen molar-refractivity contribution in [3.63, 3.8) is 0 Å². The van der Waals surface area contributed by atoms with Crippen LogP contribution in [-0.2, 0) is 9.59 Å². The first-order valence-electron chi connectivity index (χ1n) is 5.52. The SMILES string of the molecule is C=CCN(CC(=O)O)C(=O)COc1ccccc1Cl. The summed E-state index contributed by atoms with van der Waals surface area (Å²) in [5.41, 5.74) is 0. The van der Waals surface area contributed by atoms with Crippen LogP contribution in [0.25, 0.3) is 0 Å². The monoisotopic (exact) mass is 283 g/mol. The minimum Gasteiger partial charge on any atom is -0.482 e. The van der Waals surface area contributed by atoms with Gasteiger partial charge in [-0.2, -0.15) is 0 Å². The summed E-state index contributed by atoms with van der Waals surface area (Å²) in [7, 11) is 0. The minimum atomic E-state index is -1.09. The number of carbonyl (C=O) groups is 2. The van der Waals surface area contributed by atoms with Gasteiger partial charge in [0.25, 0.3) is 5.91 Å². The van der Waals surface area contributed by atoms with Crippen molar-refractivity contribution in [2.45, 2.75) is 0 Å². The molecule has 0 radical (unpaired) electrons. The maximum atomic E-state index is 11.8. The molecule has 1 amide bonds. The molecule has 1 N–H and O–H groups in total. The normalized spacial score (nSPS) is 9.74. The first-order valence-corrected chi connectivity index (χ1v) is 5.90. The number of rotatable bonds is 7. The van der Waals surface area contributed by atoms with Crippen LogP contribution in [0.15, 0.2) is 36.9 Å². The summed E-state index contributed by atoms with van der Waals surface area (Å²) in [5.74, 6) is -1.15. The van der Waals surface area contributed by atoms with Crippen molar-refractivity contribution >= 4 is 23.5 Å². The van der Waals surface area contributed by atoms with E-state index in [2.05, 4.69) is 6.58 Å². The van der Waals surface area contributed by atoms with E-state index in [0.29, 0.717) is 10.8 Å². The molecule has 0 aliphatic carbocycles. The Hall–Kier alpha value is -2.01. The molecule has 6 heteroatoms. The second-order valence-corrected chi connectivity index (χ2v) is 4.08. The molecular formula is C13H14ClNO4. The Kier molecular flexibility index (Phi) is 5.89. The lowest BCUT2D eigenvalue weighted by atomic mass is 10.3. The third kappa shape index (κ3) is 5.01. The summed E-state index contributed by atoms with van der Waals surface area (Å²) in [6.07, 6.45) is 1.45. The third-order valence-electron chi connectivity index (χ3n) is 2.22. The summed E-state index contributed by atoms with van der Waals surface area (Å²) < 4.78 is 5.26. The number of para-hydroxylation sites is 1. The fourth-order valence-electron chi connectivity index (χ4n) is 1.37. The standard InChI is InChI=1S/C13H14ClNO4/c1-2-7-15(8-13(17)18)12(16)9-19-11-6-4-3-5-10(11)14/h2-6H,1,7-9H2,(H,17,18). The van der Waals surface area contributed by atoms with Crippen molar-refractivity contribution in [2.75, 3.05) is 19.7 Å². The first-order chi connectivity index (χ1) is 9.04. The molecule has 0 saturated carbocycles. The summed E-state index contributed by atoms with van der Waals surface area (Å²) in [5, 5.41) is 9.09. The molecule has 0 spiro atoms. The van der Waals surface area contributed by atoms with Gasteiger partial charge in [0.05, 0.1) is 5.02 Å². The third-order valence-corrected chi connectivity index (χ3v) is 2.53. The number of carboxylic acids is 1. The topological polar surface area (TPSA) is 66.8 Å². The summed E-state index contributed by atoms with van der Waals surface area (Å²) in [6, 6.07) is 6.74. The molecule has 0 aliphatic heterocycles. The number of amides is 1. The smallest absolute Gasteiger partial charge is 0.323 e. The summed E-state index contributed by atoms with van der Waals surface area (Å²) in [6.45, 7) is 2.96. The van der Waals surface area contributed by atoms with Gasteiger partial charge in [-0.1, -0.05) is 29.8 Å². The van der Waals surface area contributed by atoms with Crippen LogP contribution in [0.4, 0.5) is 0 Å². The molecule has 0 heterocycles. The molecule has 0 aromatic heterocycles. The molecule has 0 unspecified atom stereocenters. The highest BCUT2D eigenvalue weighted by molar-refractivity contribution is 6.32. The molecule has 1 aromatic rings.